The number of anilines is 1. The zero-order valence-electron chi connectivity index (χ0n) is 11.2. The molecule has 1 saturated carbocycles. The van der Waals surface area contributed by atoms with E-state index in [1.165, 1.54) is 17.2 Å². The highest BCUT2D eigenvalue weighted by molar-refractivity contribution is 5.93. The third-order valence-electron chi connectivity index (χ3n) is 4.18. The third-order valence-corrected chi connectivity index (χ3v) is 4.18. The van der Waals surface area contributed by atoms with Crippen LogP contribution in [0.5, 0.6) is 0 Å². The average Bonchev–Trinajstić information content (AvgIpc) is 2.46. The van der Waals surface area contributed by atoms with Crippen molar-refractivity contribution in [2.75, 3.05) is 11.9 Å². The third kappa shape index (κ3) is 2.74. The van der Waals surface area contributed by atoms with Gasteiger partial charge in [-0.05, 0) is 24.3 Å². The van der Waals surface area contributed by atoms with Gasteiger partial charge in [-0.25, -0.2) is 0 Å². The molecule has 19 heavy (non-hydrogen) atoms. The Morgan fingerprint density at radius 1 is 0.947 bits per heavy atom. The molecule has 2 heteroatoms. The summed E-state index contributed by atoms with van der Waals surface area (Å²) in [7, 11) is 0. The summed E-state index contributed by atoms with van der Waals surface area (Å²) in [5.74, 6) is 0. The largest absolute Gasteiger partial charge is 0.388 e. The van der Waals surface area contributed by atoms with E-state index in [4.69, 9.17) is 0 Å². The Labute approximate surface area is 114 Å². The zero-order valence-corrected chi connectivity index (χ0v) is 11.2. The fraction of sp³-hybridized carbons (Fsp3) is 0.412. The van der Waals surface area contributed by atoms with Crippen molar-refractivity contribution in [2.24, 2.45) is 0 Å². The van der Waals surface area contributed by atoms with Gasteiger partial charge >= 0.3 is 0 Å². The molecule has 2 aromatic rings. The van der Waals surface area contributed by atoms with Gasteiger partial charge in [0.25, 0.3) is 0 Å². The van der Waals surface area contributed by atoms with E-state index in [1.54, 1.807) is 0 Å². The van der Waals surface area contributed by atoms with Crippen LogP contribution in [0.2, 0.25) is 0 Å². The highest BCUT2D eigenvalue weighted by Gasteiger charge is 2.28. The number of nitrogens with one attached hydrogen (secondary N) is 1. The molecule has 3 rings (SSSR count). The summed E-state index contributed by atoms with van der Waals surface area (Å²) in [5, 5.41) is 16.5. The molecule has 0 saturated heterocycles. The van der Waals surface area contributed by atoms with Crippen LogP contribution in [-0.2, 0) is 0 Å². The zero-order chi connectivity index (χ0) is 13.1. The van der Waals surface area contributed by atoms with Gasteiger partial charge in [-0.1, -0.05) is 55.7 Å². The first-order valence-electron chi connectivity index (χ1n) is 7.21. The van der Waals surface area contributed by atoms with Gasteiger partial charge in [-0.3, -0.25) is 0 Å². The number of aliphatic hydroxyl groups is 1. The molecule has 2 N–H and O–H groups in total. The quantitative estimate of drug-likeness (QED) is 0.870. The Balaban J connectivity index is 1.78. The van der Waals surface area contributed by atoms with E-state index in [0.29, 0.717) is 6.54 Å². The molecule has 0 spiro atoms. The summed E-state index contributed by atoms with van der Waals surface area (Å²) in [6.45, 7) is 0.654. The summed E-state index contributed by atoms with van der Waals surface area (Å²) in [5.41, 5.74) is 0.604. The maximum atomic E-state index is 10.5. The first-order valence-corrected chi connectivity index (χ1v) is 7.21. The highest BCUT2D eigenvalue weighted by atomic mass is 16.3. The highest BCUT2D eigenvalue weighted by Crippen LogP contribution is 2.29. The summed E-state index contributed by atoms with van der Waals surface area (Å²) in [6.07, 6.45) is 5.40. The lowest BCUT2D eigenvalue weighted by Gasteiger charge is -2.32. The molecule has 2 aromatic carbocycles. The first kappa shape index (κ1) is 12.5. The van der Waals surface area contributed by atoms with Crippen molar-refractivity contribution in [1.82, 2.24) is 0 Å². The topological polar surface area (TPSA) is 32.3 Å². The van der Waals surface area contributed by atoms with Crippen molar-refractivity contribution in [2.45, 2.75) is 37.7 Å². The summed E-state index contributed by atoms with van der Waals surface area (Å²) >= 11 is 0. The second-order valence-corrected chi connectivity index (χ2v) is 5.67. The molecule has 1 aliphatic carbocycles. The smallest absolute Gasteiger partial charge is 0.0819 e. The Morgan fingerprint density at radius 2 is 1.68 bits per heavy atom. The van der Waals surface area contributed by atoms with Gasteiger partial charge in [0.2, 0.25) is 0 Å². The van der Waals surface area contributed by atoms with Crippen LogP contribution < -0.4 is 5.32 Å². The van der Waals surface area contributed by atoms with E-state index in [1.807, 2.05) is 0 Å². The number of rotatable bonds is 3. The van der Waals surface area contributed by atoms with E-state index in [0.717, 1.165) is 31.4 Å². The Hall–Kier alpha value is -1.54. The Kier molecular flexibility index (Phi) is 3.43. The number of hydrogen-bond donors (Lipinski definition) is 2. The molecule has 0 aromatic heterocycles. The molecule has 0 aliphatic heterocycles. The van der Waals surface area contributed by atoms with E-state index in [-0.39, 0.29) is 0 Å². The molecule has 0 bridgehead atoms. The van der Waals surface area contributed by atoms with Crippen molar-refractivity contribution in [3.63, 3.8) is 0 Å². The van der Waals surface area contributed by atoms with E-state index in [2.05, 4.69) is 47.8 Å². The second-order valence-electron chi connectivity index (χ2n) is 5.67. The van der Waals surface area contributed by atoms with Crippen LogP contribution in [0, 0.1) is 0 Å². The predicted molar refractivity (Wildman–Crippen MR) is 80.5 cm³/mol. The fourth-order valence-electron chi connectivity index (χ4n) is 3.03. The van der Waals surface area contributed by atoms with E-state index >= 15 is 0 Å². The number of benzene rings is 2. The van der Waals surface area contributed by atoms with Crippen LogP contribution in [0.15, 0.2) is 42.5 Å². The van der Waals surface area contributed by atoms with Gasteiger partial charge in [0.05, 0.1) is 5.60 Å². The molecule has 0 atom stereocenters. The van der Waals surface area contributed by atoms with Crippen LogP contribution in [0.25, 0.3) is 10.8 Å². The molecule has 0 radical (unpaired) electrons. The maximum Gasteiger partial charge on any atom is 0.0819 e. The molecule has 0 heterocycles. The monoisotopic (exact) mass is 255 g/mol. The van der Waals surface area contributed by atoms with Gasteiger partial charge in [-0.2, -0.15) is 0 Å². The molecule has 1 aliphatic rings. The molecule has 0 amide bonds. The molecule has 100 valence electrons. The lowest BCUT2D eigenvalue weighted by molar-refractivity contribution is 0.0167. The SMILES string of the molecule is OC1(CNc2cccc3ccccc23)CCCCC1. The van der Waals surface area contributed by atoms with Crippen LogP contribution in [0.3, 0.4) is 0 Å². The van der Waals surface area contributed by atoms with Gasteiger partial charge in [0.1, 0.15) is 0 Å². The Bertz CT molecular complexity index is 553. The molecular weight excluding hydrogens is 234 g/mol. The summed E-state index contributed by atoms with van der Waals surface area (Å²) in [4.78, 5) is 0. The minimum Gasteiger partial charge on any atom is -0.388 e. The normalized spacial score (nSPS) is 18.4. The predicted octanol–water partition coefficient (Wildman–Crippen LogP) is 3.95. The second kappa shape index (κ2) is 5.22. The molecular formula is C17H21NO. The van der Waals surface area contributed by atoms with Crippen LogP contribution in [0.1, 0.15) is 32.1 Å². The van der Waals surface area contributed by atoms with Gasteiger partial charge in [0, 0.05) is 17.6 Å². The minimum atomic E-state index is -0.519. The van der Waals surface area contributed by atoms with Crippen LogP contribution in [-0.4, -0.2) is 17.3 Å². The molecule has 0 unspecified atom stereocenters. The van der Waals surface area contributed by atoms with Crippen LogP contribution >= 0.6 is 0 Å². The standard InChI is InChI=1S/C17H21NO/c19-17(11-4-1-5-12-17)13-18-16-10-6-8-14-7-2-3-9-15(14)16/h2-3,6-10,18-19H,1,4-5,11-13H2. The average molecular weight is 255 g/mol. The van der Waals surface area contributed by atoms with Crippen molar-refractivity contribution in [3.8, 4) is 0 Å². The van der Waals surface area contributed by atoms with Crippen molar-refractivity contribution < 1.29 is 5.11 Å². The summed E-state index contributed by atoms with van der Waals surface area (Å²) < 4.78 is 0. The van der Waals surface area contributed by atoms with Gasteiger partial charge < -0.3 is 10.4 Å². The fourth-order valence-corrected chi connectivity index (χ4v) is 3.03. The lowest BCUT2D eigenvalue weighted by atomic mass is 9.85. The van der Waals surface area contributed by atoms with E-state index in [9.17, 15) is 5.11 Å². The van der Waals surface area contributed by atoms with Crippen LogP contribution in [0.4, 0.5) is 5.69 Å². The van der Waals surface area contributed by atoms with E-state index < -0.39 is 5.60 Å². The number of fused-ring (bicyclic) bond motifs is 1. The summed E-state index contributed by atoms with van der Waals surface area (Å²) in [6, 6.07) is 14.6. The number of hydrogen-bond acceptors (Lipinski definition) is 2. The Morgan fingerprint density at radius 3 is 2.53 bits per heavy atom. The first-order chi connectivity index (χ1) is 9.27. The van der Waals surface area contributed by atoms with Gasteiger partial charge in [0.15, 0.2) is 0 Å². The van der Waals surface area contributed by atoms with Crippen molar-refractivity contribution >= 4 is 16.5 Å². The van der Waals surface area contributed by atoms with Gasteiger partial charge in [-0.15, -0.1) is 0 Å². The van der Waals surface area contributed by atoms with Crippen molar-refractivity contribution in [3.05, 3.63) is 42.5 Å². The van der Waals surface area contributed by atoms with Crippen molar-refractivity contribution in [1.29, 1.82) is 0 Å². The maximum absolute atomic E-state index is 10.5. The lowest BCUT2D eigenvalue weighted by Crippen LogP contribution is -2.38. The molecule has 1 fully saturated rings. The molecule has 2 nitrogen and oxygen atoms in total. The minimum absolute atomic E-state index is 0.519.